The van der Waals surface area contributed by atoms with Crippen LogP contribution >= 0.6 is 11.8 Å². The Bertz CT molecular complexity index is 2340. The molecule has 0 aromatic heterocycles. The Morgan fingerprint density at radius 2 is 0.476 bits per heavy atom. The van der Waals surface area contributed by atoms with Crippen LogP contribution in [-0.2, 0) is 37.0 Å². The Labute approximate surface area is 348 Å². The van der Waals surface area contributed by atoms with E-state index in [1.54, 1.807) is 0 Å². The average Bonchev–Trinajstić information content (AvgIpc) is 3.28. The number of halogens is 20. The Balaban J connectivity index is 0.000000393. The van der Waals surface area contributed by atoms with Crippen molar-refractivity contribution >= 4 is 29.7 Å². The summed E-state index contributed by atoms with van der Waals surface area (Å²) in [6.07, 6.45) is -13.9. The van der Waals surface area contributed by atoms with Gasteiger partial charge in [0.2, 0.25) is 23.3 Å². The zero-order valence-corrected chi connectivity index (χ0v) is 32.2. The summed E-state index contributed by atoms with van der Waals surface area (Å²) in [6, 6.07) is 17.2. The van der Waals surface area contributed by atoms with Gasteiger partial charge in [-0.1, -0.05) is 36.0 Å². The lowest BCUT2D eigenvalue weighted by atomic mass is 9.16. The molecular formula is C40H17BF20S2. The van der Waals surface area contributed by atoms with E-state index in [-0.39, 0.29) is 0 Å². The Kier molecular flexibility index (Phi) is 13.5. The van der Waals surface area contributed by atoms with Crippen molar-refractivity contribution in [3.8, 4) is 0 Å². The van der Waals surface area contributed by atoms with E-state index < -0.39 is 170 Å². The molecule has 0 atom stereocenters. The lowest BCUT2D eigenvalue weighted by Gasteiger charge is -2.41. The van der Waals surface area contributed by atoms with E-state index in [1.807, 2.05) is 11.8 Å². The lowest BCUT2D eigenvalue weighted by molar-refractivity contribution is 0.368. The van der Waals surface area contributed by atoms with Crippen LogP contribution in [0.3, 0.4) is 0 Å². The van der Waals surface area contributed by atoms with Crippen molar-refractivity contribution in [1.29, 1.82) is 0 Å². The number of thiol groups is 1. The van der Waals surface area contributed by atoms with Crippen LogP contribution in [-0.4, -0.2) is 6.15 Å². The fourth-order valence-electron chi connectivity index (χ4n) is 7.00. The Hall–Kier alpha value is -5.32. The molecule has 6 aromatic carbocycles. The highest BCUT2D eigenvalue weighted by Crippen LogP contribution is 2.41. The first kappa shape index (κ1) is 47.2. The molecule has 0 saturated heterocycles. The molecule has 1 heterocycles. The number of hydrogen-bond acceptors (Lipinski definition) is 1. The molecule has 0 spiro atoms. The van der Waals surface area contributed by atoms with Crippen LogP contribution in [0.15, 0.2) is 68.1 Å². The molecule has 6 aromatic rings. The second kappa shape index (κ2) is 18.0. The molecule has 0 bridgehead atoms. The molecule has 0 amide bonds. The number of fused-ring (bicyclic) bond motifs is 2. The smallest absolute Gasteiger partial charge is 0.200 e. The van der Waals surface area contributed by atoms with Gasteiger partial charge in [0.15, 0.2) is 103 Å². The van der Waals surface area contributed by atoms with Gasteiger partial charge in [-0.15, -0.1) is 25.3 Å². The third kappa shape index (κ3) is 8.56. The molecule has 0 saturated carbocycles. The third-order valence-electron chi connectivity index (χ3n) is 9.94. The standard InChI is InChI=1S/C28H8BF20.C12H8S2/c30-9-5(10(31)18(39)25(46)17(9)38)1-29(2-6-11(32)19(40)26(47)20(41)12(6)33,3-7-13(34)21(42)27(48)22(43)14(7)35)4-8-15(36)23(44)28(49)24(45)16(8)37;1-2-6-10-9(5-1)13-11-7-3-4-8-12(11)14-10/h1-4H2;1-8H/q-1;/p+1. The number of rotatable bonds is 8. The molecule has 7 rings (SSSR count). The van der Waals surface area contributed by atoms with Crippen molar-refractivity contribution in [2.45, 2.75) is 44.9 Å². The first-order chi connectivity index (χ1) is 29.5. The normalized spacial score (nSPS) is 12.3. The van der Waals surface area contributed by atoms with E-state index >= 15 is 0 Å². The number of hydrogen-bond donors (Lipinski definition) is 0. The Morgan fingerprint density at radius 1 is 0.286 bits per heavy atom. The molecule has 1 aliphatic rings. The van der Waals surface area contributed by atoms with Crippen LogP contribution < -0.4 is 0 Å². The molecule has 23 heteroatoms. The van der Waals surface area contributed by atoms with Crippen LogP contribution in [0.1, 0.15) is 22.3 Å². The molecule has 332 valence electrons. The van der Waals surface area contributed by atoms with Gasteiger partial charge in [0.05, 0.1) is 9.79 Å². The van der Waals surface area contributed by atoms with Gasteiger partial charge in [-0.05, 0) is 46.5 Å². The lowest BCUT2D eigenvalue weighted by Crippen LogP contribution is -2.49. The molecule has 0 unspecified atom stereocenters. The molecule has 0 nitrogen and oxygen atoms in total. The number of benzene rings is 6. The van der Waals surface area contributed by atoms with Crippen LogP contribution in [0.25, 0.3) is 0 Å². The molecule has 0 N–H and O–H groups in total. The van der Waals surface area contributed by atoms with Crippen LogP contribution in [0.4, 0.5) is 87.8 Å². The molecule has 63 heavy (non-hydrogen) atoms. The van der Waals surface area contributed by atoms with Crippen molar-refractivity contribution in [2.24, 2.45) is 0 Å². The van der Waals surface area contributed by atoms with Crippen molar-refractivity contribution < 1.29 is 87.8 Å². The summed E-state index contributed by atoms with van der Waals surface area (Å²) in [5.41, 5.74) is -8.97. The summed E-state index contributed by atoms with van der Waals surface area (Å²) in [7, 11) is 0. The second-order valence-corrected chi connectivity index (χ2v) is 16.2. The van der Waals surface area contributed by atoms with E-state index in [1.165, 1.54) is 31.3 Å². The fourth-order valence-corrected chi connectivity index (χ4v) is 9.38. The fraction of sp³-hybridized carbons (Fsp3) is 0.100. The minimum Gasteiger partial charge on any atom is -0.203 e. The highest BCUT2D eigenvalue weighted by molar-refractivity contribution is 8.00. The minimum atomic E-state index is -4.78. The van der Waals surface area contributed by atoms with E-state index in [2.05, 4.69) is 48.5 Å². The van der Waals surface area contributed by atoms with Gasteiger partial charge >= 0.3 is 0 Å². The molecule has 0 fully saturated rings. The second-order valence-electron chi connectivity index (χ2n) is 13.9. The van der Waals surface area contributed by atoms with Gasteiger partial charge in [-0.25, -0.2) is 87.8 Å². The van der Waals surface area contributed by atoms with Gasteiger partial charge < -0.3 is 0 Å². The largest absolute Gasteiger partial charge is 0.203 e. The van der Waals surface area contributed by atoms with Crippen molar-refractivity contribution in [2.75, 3.05) is 0 Å². The maximum Gasteiger partial charge on any atom is 0.200 e. The SMILES string of the molecule is Fc1c(F)c(F)c(C[B-](Cc2c(F)c(F)c(F)c(F)c2F)(Cc2c(F)c(F)c(F)c(F)c2F)Cc2c(F)c(F)c(F)c(F)c2F)c(F)c1F.c1ccc2c(c1)Sc1ccccc1[SH+]2. The first-order valence-corrected chi connectivity index (χ1v) is 19.0. The van der Waals surface area contributed by atoms with Crippen LogP contribution in [0, 0.1) is 116 Å². The Morgan fingerprint density at radius 3 is 0.698 bits per heavy atom. The van der Waals surface area contributed by atoms with Gasteiger partial charge in [0.1, 0.15) is 0 Å². The first-order valence-electron chi connectivity index (χ1n) is 17.3. The average molecular weight is 952 g/mol. The van der Waals surface area contributed by atoms with Crippen LogP contribution in [0.5, 0.6) is 0 Å². The van der Waals surface area contributed by atoms with Crippen LogP contribution in [0.2, 0.25) is 0 Å². The van der Waals surface area contributed by atoms with Gasteiger partial charge in [0, 0.05) is 17.9 Å². The molecule has 1 aliphatic heterocycles. The van der Waals surface area contributed by atoms with Crippen molar-refractivity contribution in [1.82, 2.24) is 0 Å². The molecular weight excluding hydrogens is 935 g/mol. The summed E-state index contributed by atoms with van der Waals surface area (Å²) < 4.78 is 288. The monoisotopic (exact) mass is 952 g/mol. The summed E-state index contributed by atoms with van der Waals surface area (Å²) in [5.74, 6) is -57.8. The zero-order chi connectivity index (χ0) is 46.6. The maximum atomic E-state index is 14.9. The summed E-state index contributed by atoms with van der Waals surface area (Å²) in [4.78, 5) is 5.65. The van der Waals surface area contributed by atoms with Gasteiger partial charge in [0.25, 0.3) is 0 Å². The summed E-state index contributed by atoms with van der Waals surface area (Å²) in [5, 5.41) is 0. The molecule has 0 radical (unpaired) electrons. The molecule has 0 aliphatic carbocycles. The van der Waals surface area contributed by atoms with Crippen molar-refractivity contribution in [3.05, 3.63) is 187 Å². The van der Waals surface area contributed by atoms with E-state index in [9.17, 15) is 87.8 Å². The van der Waals surface area contributed by atoms with E-state index in [4.69, 9.17) is 0 Å². The summed E-state index contributed by atoms with van der Waals surface area (Å²) >= 11 is 3.22. The zero-order valence-electron chi connectivity index (χ0n) is 30.4. The quantitative estimate of drug-likeness (QED) is 0.0365. The summed E-state index contributed by atoms with van der Waals surface area (Å²) in [6.45, 7) is 0. The predicted molar refractivity (Wildman–Crippen MR) is 188 cm³/mol. The highest BCUT2D eigenvalue weighted by atomic mass is 32.2. The van der Waals surface area contributed by atoms with Gasteiger partial charge in [-0.3, -0.25) is 0 Å². The maximum absolute atomic E-state index is 14.9. The van der Waals surface area contributed by atoms with Crippen molar-refractivity contribution in [3.63, 3.8) is 0 Å². The highest BCUT2D eigenvalue weighted by Gasteiger charge is 2.40. The third-order valence-corrected chi connectivity index (χ3v) is 12.7. The van der Waals surface area contributed by atoms with E-state index in [0.717, 1.165) is 0 Å². The topological polar surface area (TPSA) is 0 Å². The predicted octanol–water partition coefficient (Wildman–Crippen LogP) is 12.7. The van der Waals surface area contributed by atoms with E-state index in [0.29, 0.717) is 0 Å². The van der Waals surface area contributed by atoms with Gasteiger partial charge in [-0.2, -0.15) is 0 Å². The minimum absolute atomic E-state index is 1.34.